The highest BCUT2D eigenvalue weighted by atomic mass is 16.7. The van der Waals surface area contributed by atoms with E-state index in [1.165, 1.54) is 116 Å². The third kappa shape index (κ3) is 26.7. The summed E-state index contributed by atoms with van der Waals surface area (Å²) in [5.41, 5.74) is 0. The molecule has 1 aliphatic rings. The number of carbonyl (C=O) groups is 1. The summed E-state index contributed by atoms with van der Waals surface area (Å²) in [4.78, 5) is 13.1. The Labute approximate surface area is 353 Å². The van der Waals surface area contributed by atoms with Gasteiger partial charge in [0.25, 0.3) is 0 Å². The number of aliphatic hydroxyl groups is 7. The van der Waals surface area contributed by atoms with Crippen molar-refractivity contribution in [3.8, 4) is 0 Å². The van der Waals surface area contributed by atoms with Crippen molar-refractivity contribution >= 4 is 5.91 Å². The van der Waals surface area contributed by atoms with Crippen LogP contribution < -0.4 is 5.32 Å². The molecule has 58 heavy (non-hydrogen) atoms. The number of nitrogens with one attached hydrogen (secondary N) is 1. The van der Waals surface area contributed by atoms with Crippen molar-refractivity contribution in [1.29, 1.82) is 0 Å². The second kappa shape index (κ2) is 37.4. The zero-order chi connectivity index (χ0) is 42.6. The van der Waals surface area contributed by atoms with Crippen LogP contribution in [0.2, 0.25) is 0 Å². The molecule has 1 aliphatic heterocycles. The number of hydrogen-bond donors (Lipinski definition) is 8. The molecule has 0 aromatic rings. The third-order valence-electron chi connectivity index (χ3n) is 11.5. The molecule has 9 atom stereocenters. The number of rotatable bonds is 39. The highest BCUT2D eigenvalue weighted by Gasteiger charge is 2.44. The molecule has 1 saturated heterocycles. The molecule has 0 aromatic heterocycles. The Balaban J connectivity index is 2.46. The van der Waals surface area contributed by atoms with E-state index in [9.17, 15) is 40.5 Å². The lowest BCUT2D eigenvalue weighted by atomic mass is 9.98. The van der Waals surface area contributed by atoms with Gasteiger partial charge in [0.1, 0.15) is 36.6 Å². The van der Waals surface area contributed by atoms with Crippen molar-refractivity contribution in [2.75, 3.05) is 13.2 Å². The van der Waals surface area contributed by atoms with Gasteiger partial charge >= 0.3 is 0 Å². The van der Waals surface area contributed by atoms with E-state index in [0.717, 1.165) is 38.5 Å². The first-order chi connectivity index (χ1) is 28.2. The van der Waals surface area contributed by atoms with Gasteiger partial charge in [0.2, 0.25) is 5.91 Å². The number of allylic oxidation sites excluding steroid dienone is 4. The Kier molecular flexibility index (Phi) is 35.2. The third-order valence-corrected chi connectivity index (χ3v) is 11.5. The molecule has 11 heteroatoms. The van der Waals surface area contributed by atoms with E-state index in [1.807, 2.05) is 0 Å². The highest BCUT2D eigenvalue weighted by molar-refractivity contribution is 5.80. The van der Waals surface area contributed by atoms with Crippen LogP contribution in [0.15, 0.2) is 24.3 Å². The van der Waals surface area contributed by atoms with Crippen LogP contribution in [0, 0.1) is 0 Å². The second-order valence-electron chi connectivity index (χ2n) is 16.8. The minimum atomic E-state index is -1.67. The van der Waals surface area contributed by atoms with Gasteiger partial charge in [-0.1, -0.05) is 173 Å². The lowest BCUT2D eigenvalue weighted by Crippen LogP contribution is -2.60. The quantitative estimate of drug-likeness (QED) is 0.0224. The Bertz CT molecular complexity index is 997. The predicted octanol–water partition coefficient (Wildman–Crippen LogP) is 7.84. The number of unbranched alkanes of at least 4 members (excludes halogenated alkanes) is 23. The normalized spacial score (nSPS) is 22.1. The van der Waals surface area contributed by atoms with Crippen molar-refractivity contribution in [3.63, 3.8) is 0 Å². The molecule has 1 heterocycles. The summed E-state index contributed by atoms with van der Waals surface area (Å²) in [6, 6.07) is -1.19. The molecule has 0 bridgehead atoms. The number of aliphatic hydroxyl groups excluding tert-OH is 7. The van der Waals surface area contributed by atoms with Gasteiger partial charge < -0.3 is 50.5 Å². The van der Waals surface area contributed by atoms with Crippen LogP contribution in [0.4, 0.5) is 0 Å². The number of hydrogen-bond acceptors (Lipinski definition) is 10. The fourth-order valence-corrected chi connectivity index (χ4v) is 7.52. The van der Waals surface area contributed by atoms with Crippen molar-refractivity contribution in [2.45, 2.75) is 255 Å². The first kappa shape index (κ1) is 54.6. The highest BCUT2D eigenvalue weighted by Crippen LogP contribution is 2.23. The molecule has 0 aliphatic carbocycles. The minimum absolute atomic E-state index is 0.248. The number of amides is 1. The summed E-state index contributed by atoms with van der Waals surface area (Å²) < 4.78 is 11.1. The largest absolute Gasteiger partial charge is 0.394 e. The molecule has 9 unspecified atom stereocenters. The first-order valence-corrected chi connectivity index (χ1v) is 23.7. The minimum Gasteiger partial charge on any atom is -0.394 e. The zero-order valence-electron chi connectivity index (χ0n) is 36.8. The summed E-state index contributed by atoms with van der Waals surface area (Å²) in [7, 11) is 0. The van der Waals surface area contributed by atoms with Crippen molar-refractivity contribution in [3.05, 3.63) is 24.3 Å². The Morgan fingerprint density at radius 2 is 1.03 bits per heavy atom. The van der Waals surface area contributed by atoms with E-state index < -0.39 is 74.2 Å². The van der Waals surface area contributed by atoms with E-state index in [-0.39, 0.29) is 12.8 Å². The fraction of sp³-hybridized carbons (Fsp3) is 0.894. The lowest BCUT2D eigenvalue weighted by molar-refractivity contribution is -0.303. The van der Waals surface area contributed by atoms with Gasteiger partial charge in [-0.2, -0.15) is 0 Å². The van der Waals surface area contributed by atoms with Gasteiger partial charge in [-0.05, 0) is 51.4 Å². The molecule has 0 saturated carbocycles. The molecule has 342 valence electrons. The predicted molar refractivity (Wildman–Crippen MR) is 233 cm³/mol. The van der Waals surface area contributed by atoms with Crippen molar-refractivity contribution in [2.24, 2.45) is 0 Å². The standard InChI is InChI=1S/C47H89NO10/c1-3-5-7-9-11-13-15-17-19-20-21-23-25-27-29-31-33-35-40(51)46(56)48-38(37-57-47-45(55)44(54)43(53)41(36-49)58-47)42(52)39(50)34-32-30-28-26-24-22-18-16-14-12-10-8-6-4-2/h16,18,26,28,38-45,47,49-55H,3-15,17,19-25,27,29-37H2,1-2H3,(H,48,56)/b18-16+,28-26+. The number of ether oxygens (including phenoxy) is 2. The van der Waals surface area contributed by atoms with E-state index in [1.54, 1.807) is 0 Å². The van der Waals surface area contributed by atoms with E-state index in [0.29, 0.717) is 19.3 Å². The smallest absolute Gasteiger partial charge is 0.249 e. The molecule has 0 aromatic carbocycles. The first-order valence-electron chi connectivity index (χ1n) is 23.7. The second-order valence-corrected chi connectivity index (χ2v) is 16.8. The maximum Gasteiger partial charge on any atom is 0.249 e. The topological polar surface area (TPSA) is 189 Å². The summed E-state index contributed by atoms with van der Waals surface area (Å²) in [5.74, 6) is -0.710. The Morgan fingerprint density at radius 3 is 1.53 bits per heavy atom. The van der Waals surface area contributed by atoms with Gasteiger partial charge in [-0.25, -0.2) is 0 Å². The van der Waals surface area contributed by atoms with Crippen LogP contribution in [-0.2, 0) is 14.3 Å². The van der Waals surface area contributed by atoms with Crippen molar-refractivity contribution < 1.29 is 50.0 Å². The average Bonchev–Trinajstić information content (AvgIpc) is 3.22. The van der Waals surface area contributed by atoms with Gasteiger partial charge in [0.15, 0.2) is 6.29 Å². The van der Waals surface area contributed by atoms with Crippen LogP contribution >= 0.6 is 0 Å². The molecular weight excluding hydrogens is 739 g/mol. The summed E-state index contributed by atoms with van der Waals surface area (Å²) in [6.45, 7) is 3.41. The van der Waals surface area contributed by atoms with Crippen LogP contribution in [0.3, 0.4) is 0 Å². The summed E-state index contributed by atoms with van der Waals surface area (Å²) >= 11 is 0. The zero-order valence-corrected chi connectivity index (χ0v) is 36.8. The Hall–Kier alpha value is -1.41. The van der Waals surface area contributed by atoms with Gasteiger partial charge in [-0.15, -0.1) is 0 Å². The summed E-state index contributed by atoms with van der Waals surface area (Å²) in [6.07, 6.45) is 29.4. The van der Waals surface area contributed by atoms with E-state index >= 15 is 0 Å². The van der Waals surface area contributed by atoms with Gasteiger partial charge in [0, 0.05) is 0 Å². The maximum absolute atomic E-state index is 13.1. The Morgan fingerprint density at radius 1 is 0.586 bits per heavy atom. The van der Waals surface area contributed by atoms with E-state index in [4.69, 9.17) is 9.47 Å². The van der Waals surface area contributed by atoms with Crippen LogP contribution in [-0.4, -0.2) is 110 Å². The van der Waals surface area contributed by atoms with Crippen LogP contribution in [0.25, 0.3) is 0 Å². The molecule has 0 radical (unpaired) electrons. The molecule has 1 amide bonds. The van der Waals surface area contributed by atoms with Crippen molar-refractivity contribution in [1.82, 2.24) is 5.32 Å². The number of carbonyl (C=O) groups excluding carboxylic acids is 1. The molecule has 8 N–H and O–H groups in total. The molecule has 1 fully saturated rings. The molecule has 11 nitrogen and oxygen atoms in total. The maximum atomic E-state index is 13.1. The van der Waals surface area contributed by atoms with Gasteiger partial charge in [0.05, 0.1) is 25.4 Å². The summed E-state index contributed by atoms with van der Waals surface area (Å²) in [5, 5.41) is 75.6. The molecule has 1 rings (SSSR count). The molecule has 0 spiro atoms. The van der Waals surface area contributed by atoms with Crippen LogP contribution in [0.1, 0.15) is 200 Å². The van der Waals surface area contributed by atoms with E-state index in [2.05, 4.69) is 43.5 Å². The monoisotopic (exact) mass is 828 g/mol. The fourth-order valence-electron chi connectivity index (χ4n) is 7.52. The van der Waals surface area contributed by atoms with Crippen LogP contribution in [0.5, 0.6) is 0 Å². The molecular formula is C47H89NO10. The van der Waals surface area contributed by atoms with Gasteiger partial charge in [-0.3, -0.25) is 4.79 Å². The average molecular weight is 828 g/mol. The lowest BCUT2D eigenvalue weighted by Gasteiger charge is -2.40. The SMILES string of the molecule is CCCCCCC/C=C/CC/C=C/CCCC(O)C(O)C(COC1OC(CO)C(O)C(O)C1O)NC(=O)C(O)CCCCCCCCCCCCCCCCCCC.